The normalized spacial score (nSPS) is 25.9. The molecule has 0 bridgehead atoms. The standard InChI is InChI=1S/C14H15Br/c1-2-11-3-5-12(6-4-11)13-7-9-14(15)10-8-13/h1,7-12H,3-6H2/t11-,12-. The van der Waals surface area contributed by atoms with Crippen molar-refractivity contribution in [1.82, 2.24) is 0 Å². The Labute approximate surface area is 100 Å². The third kappa shape index (κ3) is 2.63. The minimum atomic E-state index is 0.525. The zero-order chi connectivity index (χ0) is 10.7. The van der Waals surface area contributed by atoms with Gasteiger partial charge < -0.3 is 0 Å². The molecular formula is C14H15Br. The Bertz CT molecular complexity index is 350. The lowest BCUT2D eigenvalue weighted by atomic mass is 9.79. The molecule has 1 aliphatic carbocycles. The largest absolute Gasteiger partial charge is 0.120 e. The van der Waals surface area contributed by atoms with Gasteiger partial charge in [-0.2, -0.15) is 0 Å². The summed E-state index contributed by atoms with van der Waals surface area (Å²) >= 11 is 3.46. The fourth-order valence-corrected chi connectivity index (χ4v) is 2.59. The van der Waals surface area contributed by atoms with Gasteiger partial charge in [0, 0.05) is 10.4 Å². The van der Waals surface area contributed by atoms with E-state index in [0.717, 1.165) is 10.4 Å². The van der Waals surface area contributed by atoms with E-state index >= 15 is 0 Å². The first-order valence-corrected chi connectivity index (χ1v) is 6.30. The van der Waals surface area contributed by atoms with Gasteiger partial charge in [-0.05, 0) is 49.3 Å². The topological polar surface area (TPSA) is 0 Å². The maximum Gasteiger partial charge on any atom is 0.0200 e. The molecule has 0 saturated heterocycles. The summed E-state index contributed by atoms with van der Waals surface area (Å²) in [4.78, 5) is 0. The molecule has 0 amide bonds. The van der Waals surface area contributed by atoms with E-state index in [1.165, 1.54) is 31.2 Å². The summed E-state index contributed by atoms with van der Waals surface area (Å²) in [5.74, 6) is 4.13. The highest BCUT2D eigenvalue weighted by molar-refractivity contribution is 9.10. The maximum atomic E-state index is 5.45. The number of rotatable bonds is 1. The second-order valence-corrected chi connectivity index (χ2v) is 5.18. The second-order valence-electron chi connectivity index (χ2n) is 4.27. The summed E-state index contributed by atoms with van der Waals surface area (Å²) in [5, 5.41) is 0. The van der Waals surface area contributed by atoms with Crippen LogP contribution in [0.2, 0.25) is 0 Å². The molecule has 0 spiro atoms. The zero-order valence-electron chi connectivity index (χ0n) is 8.75. The molecule has 1 saturated carbocycles. The van der Waals surface area contributed by atoms with Crippen LogP contribution in [0.1, 0.15) is 37.2 Å². The lowest BCUT2D eigenvalue weighted by Crippen LogP contribution is -2.11. The minimum absolute atomic E-state index is 0.525. The molecule has 0 heterocycles. The van der Waals surface area contributed by atoms with E-state index in [9.17, 15) is 0 Å². The fraction of sp³-hybridized carbons (Fsp3) is 0.429. The molecule has 2 rings (SSSR count). The molecule has 0 aromatic heterocycles. The van der Waals surface area contributed by atoms with E-state index in [1.54, 1.807) is 0 Å². The highest BCUT2D eigenvalue weighted by Crippen LogP contribution is 2.35. The molecule has 1 aromatic carbocycles. The van der Waals surface area contributed by atoms with Crippen molar-refractivity contribution in [2.75, 3.05) is 0 Å². The van der Waals surface area contributed by atoms with Gasteiger partial charge in [0.1, 0.15) is 0 Å². The van der Waals surface area contributed by atoms with E-state index in [0.29, 0.717) is 5.92 Å². The Hall–Kier alpha value is -0.740. The number of benzene rings is 1. The smallest absolute Gasteiger partial charge is 0.0200 e. The van der Waals surface area contributed by atoms with Gasteiger partial charge in [0.2, 0.25) is 0 Å². The van der Waals surface area contributed by atoms with E-state index in [4.69, 9.17) is 6.42 Å². The van der Waals surface area contributed by atoms with E-state index < -0.39 is 0 Å². The number of terminal acetylenes is 1. The highest BCUT2D eigenvalue weighted by Gasteiger charge is 2.20. The van der Waals surface area contributed by atoms with Crippen LogP contribution in [0.3, 0.4) is 0 Å². The van der Waals surface area contributed by atoms with Gasteiger partial charge in [-0.25, -0.2) is 0 Å². The number of hydrogen-bond acceptors (Lipinski definition) is 0. The summed E-state index contributed by atoms with van der Waals surface area (Å²) in [6.45, 7) is 0. The van der Waals surface area contributed by atoms with Gasteiger partial charge in [-0.3, -0.25) is 0 Å². The fourth-order valence-electron chi connectivity index (χ4n) is 2.33. The average Bonchev–Trinajstić information content (AvgIpc) is 2.30. The van der Waals surface area contributed by atoms with E-state index in [1.807, 2.05) is 0 Å². The molecule has 78 valence electrons. The first-order chi connectivity index (χ1) is 7.29. The molecule has 0 radical (unpaired) electrons. The summed E-state index contributed by atoms with van der Waals surface area (Å²) < 4.78 is 1.16. The predicted octanol–water partition coefficient (Wildman–Crippen LogP) is 4.36. The highest BCUT2D eigenvalue weighted by atomic mass is 79.9. The Balaban J connectivity index is 2.02. The van der Waals surface area contributed by atoms with Crippen LogP contribution in [0.4, 0.5) is 0 Å². The monoisotopic (exact) mass is 262 g/mol. The lowest BCUT2D eigenvalue weighted by molar-refractivity contribution is 0.385. The van der Waals surface area contributed by atoms with Crippen molar-refractivity contribution in [3.63, 3.8) is 0 Å². The Morgan fingerprint density at radius 1 is 1.07 bits per heavy atom. The first kappa shape index (κ1) is 10.8. The van der Waals surface area contributed by atoms with Gasteiger partial charge in [-0.1, -0.05) is 28.1 Å². The number of hydrogen-bond donors (Lipinski definition) is 0. The van der Waals surface area contributed by atoms with Crippen LogP contribution in [-0.4, -0.2) is 0 Å². The molecule has 15 heavy (non-hydrogen) atoms. The third-order valence-corrected chi connectivity index (χ3v) is 3.83. The van der Waals surface area contributed by atoms with Gasteiger partial charge in [0.25, 0.3) is 0 Å². The van der Waals surface area contributed by atoms with Crippen molar-refractivity contribution in [3.8, 4) is 12.3 Å². The van der Waals surface area contributed by atoms with E-state index in [-0.39, 0.29) is 0 Å². The molecule has 1 heteroatoms. The van der Waals surface area contributed by atoms with E-state index in [2.05, 4.69) is 46.1 Å². The van der Waals surface area contributed by atoms with Crippen LogP contribution in [0.5, 0.6) is 0 Å². The van der Waals surface area contributed by atoms with Gasteiger partial charge in [0.15, 0.2) is 0 Å². The summed E-state index contributed by atoms with van der Waals surface area (Å²) in [6, 6.07) is 8.71. The SMILES string of the molecule is C#C[C@H]1CC[C@H](c2ccc(Br)cc2)CC1. The van der Waals surface area contributed by atoms with Crippen molar-refractivity contribution in [2.24, 2.45) is 5.92 Å². The minimum Gasteiger partial charge on any atom is -0.120 e. The Morgan fingerprint density at radius 2 is 1.67 bits per heavy atom. The molecular weight excluding hydrogens is 248 g/mol. The van der Waals surface area contributed by atoms with Crippen molar-refractivity contribution < 1.29 is 0 Å². The van der Waals surface area contributed by atoms with Crippen molar-refractivity contribution in [2.45, 2.75) is 31.6 Å². The molecule has 1 aliphatic rings. The lowest BCUT2D eigenvalue weighted by Gasteiger charge is -2.25. The summed E-state index contributed by atoms with van der Waals surface area (Å²) in [7, 11) is 0. The molecule has 0 unspecified atom stereocenters. The second kappa shape index (κ2) is 4.86. The Kier molecular flexibility index (Phi) is 3.49. The van der Waals surface area contributed by atoms with Crippen LogP contribution in [0.25, 0.3) is 0 Å². The molecule has 0 N–H and O–H groups in total. The number of halogens is 1. The van der Waals surface area contributed by atoms with Crippen LogP contribution in [0, 0.1) is 18.3 Å². The zero-order valence-corrected chi connectivity index (χ0v) is 10.3. The molecule has 0 nitrogen and oxygen atoms in total. The first-order valence-electron chi connectivity index (χ1n) is 5.51. The summed E-state index contributed by atoms with van der Waals surface area (Å²) in [6.07, 6.45) is 10.3. The predicted molar refractivity (Wildman–Crippen MR) is 67.7 cm³/mol. The molecule has 0 atom stereocenters. The maximum absolute atomic E-state index is 5.45. The average molecular weight is 263 g/mol. The van der Waals surface area contributed by atoms with Crippen molar-refractivity contribution in [3.05, 3.63) is 34.3 Å². The van der Waals surface area contributed by atoms with Gasteiger partial charge in [-0.15, -0.1) is 12.3 Å². The van der Waals surface area contributed by atoms with Crippen LogP contribution in [0.15, 0.2) is 28.7 Å². The van der Waals surface area contributed by atoms with Crippen LogP contribution < -0.4 is 0 Å². The van der Waals surface area contributed by atoms with Gasteiger partial charge in [0.05, 0.1) is 0 Å². The molecule has 1 aromatic rings. The van der Waals surface area contributed by atoms with Crippen molar-refractivity contribution in [1.29, 1.82) is 0 Å². The summed E-state index contributed by atoms with van der Waals surface area (Å²) in [5.41, 5.74) is 1.47. The molecule has 0 aliphatic heterocycles. The molecule has 1 fully saturated rings. The van der Waals surface area contributed by atoms with Gasteiger partial charge >= 0.3 is 0 Å². The quantitative estimate of drug-likeness (QED) is 0.660. The van der Waals surface area contributed by atoms with Crippen LogP contribution in [-0.2, 0) is 0 Å². The third-order valence-electron chi connectivity index (χ3n) is 3.30. The van der Waals surface area contributed by atoms with Crippen molar-refractivity contribution >= 4 is 15.9 Å². The van der Waals surface area contributed by atoms with Crippen LogP contribution >= 0.6 is 15.9 Å². The Morgan fingerprint density at radius 3 is 2.20 bits per heavy atom.